The van der Waals surface area contributed by atoms with Crippen LogP contribution in [0.4, 0.5) is 0 Å². The van der Waals surface area contributed by atoms with Gasteiger partial charge in [-0.25, -0.2) is 0 Å². The molecule has 0 aliphatic heterocycles. The van der Waals surface area contributed by atoms with E-state index in [1.54, 1.807) is 14.2 Å². The molecule has 2 heteroatoms. The van der Waals surface area contributed by atoms with E-state index in [0.29, 0.717) is 0 Å². The number of ether oxygens (including phenoxy) is 2. The maximum absolute atomic E-state index is 5.25. The third-order valence-corrected chi connectivity index (χ3v) is 5.19. The molecule has 0 saturated heterocycles. The number of hydrogen-bond acceptors (Lipinski definition) is 2. The lowest BCUT2D eigenvalue weighted by Gasteiger charge is -2.03. The highest BCUT2D eigenvalue weighted by Crippen LogP contribution is 2.35. The highest BCUT2D eigenvalue weighted by atomic mass is 16.5. The van der Waals surface area contributed by atoms with E-state index in [2.05, 4.69) is 72.8 Å². The maximum atomic E-state index is 5.25. The molecule has 3 aromatic rings. The van der Waals surface area contributed by atoms with Crippen molar-refractivity contribution < 1.29 is 9.47 Å². The quantitative estimate of drug-likeness (QED) is 0.490. The molecule has 0 radical (unpaired) electrons. The minimum Gasteiger partial charge on any atom is -0.497 e. The summed E-state index contributed by atoms with van der Waals surface area (Å²) in [6, 6.07) is 24.9. The third-order valence-electron chi connectivity index (χ3n) is 5.19. The smallest absolute Gasteiger partial charge is 0.118 e. The molecule has 2 nitrogen and oxygen atoms in total. The van der Waals surface area contributed by atoms with E-state index in [1.165, 1.54) is 22.3 Å². The standard InChI is InChI=1S/C27H24O2/c1-28-24-14-8-20(9-15-24)7-13-23-19-22-5-3-4-6-26(22)27(23)18-12-21-10-16-25(29-2)17-11-21/h3-18H,19H2,1-2H3/b13-7+,18-12+. The molecule has 0 unspecified atom stereocenters. The van der Waals surface area contributed by atoms with Gasteiger partial charge in [0.25, 0.3) is 0 Å². The molecule has 0 aromatic heterocycles. The molecule has 0 N–H and O–H groups in total. The molecular formula is C27H24O2. The molecule has 0 fully saturated rings. The summed E-state index contributed by atoms with van der Waals surface area (Å²) in [6.45, 7) is 0. The van der Waals surface area contributed by atoms with Crippen LogP contribution >= 0.6 is 0 Å². The lowest BCUT2D eigenvalue weighted by atomic mass is 10.0. The van der Waals surface area contributed by atoms with Crippen LogP contribution in [-0.4, -0.2) is 14.2 Å². The zero-order valence-electron chi connectivity index (χ0n) is 16.8. The summed E-state index contributed by atoms with van der Waals surface area (Å²) in [6.07, 6.45) is 9.74. The molecule has 0 bridgehead atoms. The number of methoxy groups -OCH3 is 2. The van der Waals surface area contributed by atoms with Gasteiger partial charge in [-0.05, 0) is 64.1 Å². The van der Waals surface area contributed by atoms with Crippen molar-refractivity contribution in [3.63, 3.8) is 0 Å². The summed E-state index contributed by atoms with van der Waals surface area (Å²) in [4.78, 5) is 0. The Labute approximate surface area is 172 Å². The van der Waals surface area contributed by atoms with Gasteiger partial charge in [0.15, 0.2) is 0 Å². The summed E-state index contributed by atoms with van der Waals surface area (Å²) >= 11 is 0. The van der Waals surface area contributed by atoms with Gasteiger partial charge in [-0.3, -0.25) is 0 Å². The Hall–Kier alpha value is -3.52. The fraction of sp³-hybridized carbons (Fsp3) is 0.111. The predicted octanol–water partition coefficient (Wildman–Crippen LogP) is 6.44. The van der Waals surface area contributed by atoms with Crippen LogP contribution in [0.2, 0.25) is 0 Å². The lowest BCUT2D eigenvalue weighted by Crippen LogP contribution is -1.83. The molecule has 0 amide bonds. The Bertz CT molecular complexity index is 1070. The van der Waals surface area contributed by atoms with Crippen LogP contribution in [-0.2, 0) is 6.42 Å². The molecule has 4 rings (SSSR count). The van der Waals surface area contributed by atoms with Gasteiger partial charge < -0.3 is 9.47 Å². The number of rotatable bonds is 6. The van der Waals surface area contributed by atoms with E-state index >= 15 is 0 Å². The van der Waals surface area contributed by atoms with Crippen LogP contribution in [0.5, 0.6) is 11.5 Å². The van der Waals surface area contributed by atoms with E-state index < -0.39 is 0 Å². The number of allylic oxidation sites excluding steroid dienone is 4. The molecule has 3 aromatic carbocycles. The summed E-state index contributed by atoms with van der Waals surface area (Å²) < 4.78 is 10.5. The van der Waals surface area contributed by atoms with Gasteiger partial charge in [-0.15, -0.1) is 0 Å². The third kappa shape index (κ3) is 4.33. The van der Waals surface area contributed by atoms with Gasteiger partial charge in [0.1, 0.15) is 11.5 Å². The van der Waals surface area contributed by atoms with Crippen LogP contribution in [0.1, 0.15) is 22.3 Å². The largest absolute Gasteiger partial charge is 0.497 e. The molecule has 144 valence electrons. The first kappa shape index (κ1) is 18.8. The Morgan fingerprint density at radius 2 is 1.17 bits per heavy atom. The summed E-state index contributed by atoms with van der Waals surface area (Å²) in [5.41, 5.74) is 7.60. The SMILES string of the molecule is COc1ccc(/C=C/C2=C(/C=C/c3ccc(OC)cc3)c3ccccc3C2)cc1. The molecule has 0 saturated carbocycles. The fourth-order valence-electron chi connectivity index (χ4n) is 3.56. The van der Waals surface area contributed by atoms with Gasteiger partial charge in [0.2, 0.25) is 0 Å². The first-order valence-electron chi connectivity index (χ1n) is 9.72. The maximum Gasteiger partial charge on any atom is 0.118 e. The topological polar surface area (TPSA) is 18.5 Å². The second-order valence-electron chi connectivity index (χ2n) is 6.99. The fourth-order valence-corrected chi connectivity index (χ4v) is 3.56. The van der Waals surface area contributed by atoms with Gasteiger partial charge >= 0.3 is 0 Å². The number of benzene rings is 3. The van der Waals surface area contributed by atoms with Crippen molar-refractivity contribution in [1.29, 1.82) is 0 Å². The van der Waals surface area contributed by atoms with E-state index in [9.17, 15) is 0 Å². The molecule has 1 aliphatic rings. The minimum absolute atomic E-state index is 0.871. The number of fused-ring (bicyclic) bond motifs is 1. The van der Waals surface area contributed by atoms with Crippen LogP contribution in [0.15, 0.2) is 90.5 Å². The molecule has 0 spiro atoms. The van der Waals surface area contributed by atoms with Crippen molar-refractivity contribution in [1.82, 2.24) is 0 Å². The predicted molar refractivity (Wildman–Crippen MR) is 121 cm³/mol. The van der Waals surface area contributed by atoms with E-state index in [0.717, 1.165) is 29.0 Å². The average molecular weight is 380 g/mol. The van der Waals surface area contributed by atoms with Crippen molar-refractivity contribution in [3.8, 4) is 11.5 Å². The molecular weight excluding hydrogens is 356 g/mol. The first-order chi connectivity index (χ1) is 14.3. The Morgan fingerprint density at radius 3 is 1.76 bits per heavy atom. The first-order valence-corrected chi connectivity index (χ1v) is 9.72. The second kappa shape index (κ2) is 8.66. The summed E-state index contributed by atoms with van der Waals surface area (Å²) in [5.74, 6) is 1.74. The monoisotopic (exact) mass is 380 g/mol. The van der Waals surface area contributed by atoms with Gasteiger partial charge in [-0.2, -0.15) is 0 Å². The van der Waals surface area contributed by atoms with Gasteiger partial charge in [0, 0.05) is 0 Å². The Balaban J connectivity index is 1.64. The second-order valence-corrected chi connectivity index (χ2v) is 6.99. The Morgan fingerprint density at radius 1 is 0.621 bits per heavy atom. The van der Waals surface area contributed by atoms with E-state index in [-0.39, 0.29) is 0 Å². The van der Waals surface area contributed by atoms with Crippen LogP contribution in [0.25, 0.3) is 17.7 Å². The minimum atomic E-state index is 0.871. The van der Waals surface area contributed by atoms with Crippen LogP contribution < -0.4 is 9.47 Å². The summed E-state index contributed by atoms with van der Waals surface area (Å²) in [7, 11) is 3.37. The van der Waals surface area contributed by atoms with Crippen molar-refractivity contribution in [2.24, 2.45) is 0 Å². The van der Waals surface area contributed by atoms with Gasteiger partial charge in [0.05, 0.1) is 14.2 Å². The van der Waals surface area contributed by atoms with Crippen LogP contribution in [0, 0.1) is 0 Å². The lowest BCUT2D eigenvalue weighted by molar-refractivity contribution is 0.414. The molecule has 29 heavy (non-hydrogen) atoms. The van der Waals surface area contributed by atoms with Crippen LogP contribution in [0.3, 0.4) is 0 Å². The van der Waals surface area contributed by atoms with Crippen molar-refractivity contribution in [2.75, 3.05) is 14.2 Å². The molecule has 1 aliphatic carbocycles. The highest BCUT2D eigenvalue weighted by Gasteiger charge is 2.17. The molecule has 0 heterocycles. The van der Waals surface area contributed by atoms with Crippen molar-refractivity contribution in [2.45, 2.75) is 6.42 Å². The molecule has 0 atom stereocenters. The zero-order chi connectivity index (χ0) is 20.1. The highest BCUT2D eigenvalue weighted by molar-refractivity contribution is 5.88. The summed E-state index contributed by atoms with van der Waals surface area (Å²) in [5, 5.41) is 0. The zero-order valence-corrected chi connectivity index (χ0v) is 16.8. The Kier molecular flexibility index (Phi) is 5.62. The number of hydrogen-bond donors (Lipinski definition) is 0. The van der Waals surface area contributed by atoms with E-state index in [1.807, 2.05) is 24.3 Å². The van der Waals surface area contributed by atoms with E-state index in [4.69, 9.17) is 9.47 Å². The van der Waals surface area contributed by atoms with Crippen molar-refractivity contribution in [3.05, 3.63) is 113 Å². The van der Waals surface area contributed by atoms with Gasteiger partial charge in [-0.1, -0.05) is 72.8 Å². The van der Waals surface area contributed by atoms with Crippen molar-refractivity contribution >= 4 is 17.7 Å². The average Bonchev–Trinajstić information content (AvgIpc) is 3.14. The normalized spacial score (nSPS) is 13.3.